The van der Waals surface area contributed by atoms with E-state index in [0.29, 0.717) is 37.0 Å². The van der Waals surface area contributed by atoms with E-state index in [1.165, 1.54) is 0 Å². The molecule has 1 saturated heterocycles. The van der Waals surface area contributed by atoms with Gasteiger partial charge in [0.25, 0.3) is 5.91 Å². The molecule has 0 N–H and O–H groups in total. The van der Waals surface area contributed by atoms with Gasteiger partial charge < -0.3 is 14.2 Å². The topological polar surface area (TPSA) is 68.5 Å². The molecule has 0 saturated carbocycles. The van der Waals surface area contributed by atoms with Gasteiger partial charge >= 0.3 is 0 Å². The third kappa shape index (κ3) is 3.47. The van der Waals surface area contributed by atoms with Crippen LogP contribution in [-0.4, -0.2) is 47.0 Å². The fraction of sp³-hybridized carbons (Fsp3) is 0.471. The molecule has 0 spiro atoms. The van der Waals surface area contributed by atoms with Gasteiger partial charge in [-0.2, -0.15) is 4.98 Å². The maximum Gasteiger partial charge on any atom is 0.254 e. The Morgan fingerprint density at radius 2 is 2.08 bits per heavy atom. The summed E-state index contributed by atoms with van der Waals surface area (Å²) in [5, 5.41) is 4.05. The van der Waals surface area contributed by atoms with E-state index in [9.17, 15) is 4.79 Å². The molecular weight excluding hydrogens is 326 g/mol. The zero-order valence-corrected chi connectivity index (χ0v) is 14.9. The van der Waals surface area contributed by atoms with Crippen LogP contribution in [0, 0.1) is 0 Å². The lowest BCUT2D eigenvalue weighted by molar-refractivity contribution is -0.00577. The van der Waals surface area contributed by atoms with Gasteiger partial charge in [0.05, 0.1) is 13.2 Å². The third-order valence-corrected chi connectivity index (χ3v) is 4.72. The van der Waals surface area contributed by atoms with Crippen molar-refractivity contribution in [2.24, 2.45) is 0 Å². The van der Waals surface area contributed by atoms with E-state index in [2.05, 4.69) is 10.1 Å². The molecule has 3 rings (SSSR count). The summed E-state index contributed by atoms with van der Waals surface area (Å²) >= 11 is 1.65. The minimum Gasteiger partial charge on any atom is -0.377 e. The molecule has 1 aromatic carbocycles. The predicted molar refractivity (Wildman–Crippen MR) is 91.2 cm³/mol. The van der Waals surface area contributed by atoms with Crippen molar-refractivity contribution in [2.75, 3.05) is 26.0 Å². The minimum atomic E-state index is -0.317. The number of amides is 1. The van der Waals surface area contributed by atoms with E-state index in [1.807, 2.05) is 44.4 Å². The Morgan fingerprint density at radius 3 is 2.71 bits per heavy atom. The van der Waals surface area contributed by atoms with Crippen LogP contribution in [0.3, 0.4) is 0 Å². The summed E-state index contributed by atoms with van der Waals surface area (Å²) in [6.07, 6.45) is 2.01. The monoisotopic (exact) mass is 347 g/mol. The number of aromatic nitrogens is 2. The molecule has 1 unspecified atom stereocenters. The van der Waals surface area contributed by atoms with Gasteiger partial charge in [-0.25, -0.2) is 0 Å². The Hall–Kier alpha value is -1.86. The summed E-state index contributed by atoms with van der Waals surface area (Å²) in [5.41, 5.74) is 0.660. The van der Waals surface area contributed by atoms with Crippen LogP contribution < -0.4 is 0 Å². The molecule has 1 aliphatic heterocycles. The van der Waals surface area contributed by atoms with Gasteiger partial charge in [0.15, 0.2) is 5.82 Å². The van der Waals surface area contributed by atoms with Gasteiger partial charge in [-0.1, -0.05) is 19.0 Å². The van der Waals surface area contributed by atoms with Crippen molar-refractivity contribution in [3.05, 3.63) is 41.5 Å². The smallest absolute Gasteiger partial charge is 0.254 e. The lowest BCUT2D eigenvalue weighted by Gasteiger charge is -2.33. The first-order valence-electron chi connectivity index (χ1n) is 7.96. The molecule has 0 aliphatic carbocycles. The molecule has 0 bridgehead atoms. The Labute approximate surface area is 145 Å². The lowest BCUT2D eigenvalue weighted by atomic mass is 10.1. The van der Waals surface area contributed by atoms with Crippen LogP contribution in [-0.2, 0) is 4.74 Å². The van der Waals surface area contributed by atoms with Gasteiger partial charge in [0.1, 0.15) is 6.04 Å². The highest BCUT2D eigenvalue weighted by atomic mass is 32.2. The van der Waals surface area contributed by atoms with Crippen LogP contribution in [0.5, 0.6) is 0 Å². The maximum atomic E-state index is 12.9. The zero-order valence-electron chi connectivity index (χ0n) is 14.1. The molecule has 1 aliphatic rings. The summed E-state index contributed by atoms with van der Waals surface area (Å²) in [6, 6.07) is 7.31. The van der Waals surface area contributed by atoms with Gasteiger partial charge in [0, 0.05) is 22.9 Å². The molecule has 7 heteroatoms. The van der Waals surface area contributed by atoms with E-state index in [1.54, 1.807) is 16.7 Å². The molecule has 128 valence electrons. The van der Waals surface area contributed by atoms with E-state index >= 15 is 0 Å². The maximum absolute atomic E-state index is 12.9. The van der Waals surface area contributed by atoms with Crippen LogP contribution in [0.4, 0.5) is 0 Å². The van der Waals surface area contributed by atoms with E-state index in [0.717, 1.165) is 4.90 Å². The van der Waals surface area contributed by atoms with Crippen molar-refractivity contribution in [3.63, 3.8) is 0 Å². The first kappa shape index (κ1) is 17.0. The standard InChI is InChI=1S/C17H21N3O3S/c1-11(2)16-18-15(19-23-16)14-10-22-9-8-20(14)17(21)12-4-6-13(24-3)7-5-12/h4-7,11,14H,8-10H2,1-3H3. The number of nitrogens with zero attached hydrogens (tertiary/aromatic N) is 3. The van der Waals surface area contributed by atoms with E-state index in [4.69, 9.17) is 9.26 Å². The average molecular weight is 347 g/mol. The number of rotatable bonds is 4. The summed E-state index contributed by atoms with van der Waals surface area (Å²) in [6.45, 7) is 5.39. The molecule has 2 aromatic rings. The zero-order chi connectivity index (χ0) is 17.1. The number of hydrogen-bond acceptors (Lipinski definition) is 6. The third-order valence-electron chi connectivity index (χ3n) is 3.98. The second-order valence-corrected chi connectivity index (χ2v) is 6.84. The molecule has 1 fully saturated rings. The normalized spacial score (nSPS) is 18.2. The van der Waals surface area contributed by atoms with Crippen molar-refractivity contribution in [3.8, 4) is 0 Å². The number of thioether (sulfide) groups is 1. The van der Waals surface area contributed by atoms with Crippen molar-refractivity contribution >= 4 is 17.7 Å². The Morgan fingerprint density at radius 1 is 1.33 bits per heavy atom. The minimum absolute atomic E-state index is 0.0353. The first-order chi connectivity index (χ1) is 11.6. The highest BCUT2D eigenvalue weighted by Gasteiger charge is 2.33. The summed E-state index contributed by atoms with van der Waals surface area (Å²) in [5.74, 6) is 1.20. The van der Waals surface area contributed by atoms with Gasteiger partial charge in [-0.05, 0) is 30.5 Å². The predicted octanol–water partition coefficient (Wildman–Crippen LogP) is 3.13. The average Bonchev–Trinajstić information content (AvgIpc) is 3.11. The van der Waals surface area contributed by atoms with Crippen molar-refractivity contribution in [1.82, 2.24) is 15.0 Å². The Bertz CT molecular complexity index is 699. The second kappa shape index (κ2) is 7.36. The number of hydrogen-bond donors (Lipinski definition) is 0. The summed E-state index contributed by atoms with van der Waals surface area (Å²) in [4.78, 5) is 20.2. The molecule has 24 heavy (non-hydrogen) atoms. The van der Waals surface area contributed by atoms with Crippen LogP contribution in [0.1, 0.15) is 47.9 Å². The molecule has 2 heterocycles. The van der Waals surface area contributed by atoms with Crippen LogP contribution in [0.2, 0.25) is 0 Å². The quantitative estimate of drug-likeness (QED) is 0.792. The first-order valence-corrected chi connectivity index (χ1v) is 9.19. The second-order valence-electron chi connectivity index (χ2n) is 5.96. The van der Waals surface area contributed by atoms with Crippen LogP contribution in [0.15, 0.2) is 33.7 Å². The fourth-order valence-electron chi connectivity index (χ4n) is 2.58. The van der Waals surface area contributed by atoms with Crippen LogP contribution in [0.25, 0.3) is 0 Å². The number of ether oxygens (including phenoxy) is 1. The molecule has 0 radical (unpaired) electrons. The number of benzene rings is 1. The molecular formula is C17H21N3O3S. The summed E-state index contributed by atoms with van der Waals surface area (Å²) < 4.78 is 10.8. The van der Waals surface area contributed by atoms with Gasteiger partial charge in [0.2, 0.25) is 5.89 Å². The highest BCUT2D eigenvalue weighted by molar-refractivity contribution is 7.98. The summed E-state index contributed by atoms with van der Waals surface area (Å²) in [7, 11) is 0. The highest BCUT2D eigenvalue weighted by Crippen LogP contribution is 2.26. The molecule has 6 nitrogen and oxygen atoms in total. The molecule has 1 amide bonds. The van der Waals surface area contributed by atoms with E-state index < -0.39 is 0 Å². The molecule has 1 atom stereocenters. The number of carbonyl (C=O) groups is 1. The fourth-order valence-corrected chi connectivity index (χ4v) is 2.99. The Kier molecular flexibility index (Phi) is 5.20. The number of carbonyl (C=O) groups excluding carboxylic acids is 1. The molecule has 1 aromatic heterocycles. The SMILES string of the molecule is CSc1ccc(C(=O)N2CCOCC2c2noc(C(C)C)n2)cc1. The van der Waals surface area contributed by atoms with Crippen molar-refractivity contribution in [2.45, 2.75) is 30.7 Å². The van der Waals surface area contributed by atoms with Crippen LogP contribution >= 0.6 is 11.8 Å². The Balaban J connectivity index is 1.83. The largest absolute Gasteiger partial charge is 0.377 e. The van der Waals surface area contributed by atoms with E-state index in [-0.39, 0.29) is 17.9 Å². The van der Waals surface area contributed by atoms with Gasteiger partial charge in [-0.3, -0.25) is 4.79 Å². The lowest BCUT2D eigenvalue weighted by Crippen LogP contribution is -2.43. The number of morpholine rings is 1. The van der Waals surface area contributed by atoms with Crippen molar-refractivity contribution < 1.29 is 14.1 Å². The van der Waals surface area contributed by atoms with Gasteiger partial charge in [-0.15, -0.1) is 11.8 Å². The van der Waals surface area contributed by atoms with Crippen molar-refractivity contribution in [1.29, 1.82) is 0 Å².